The fourth-order valence-electron chi connectivity index (χ4n) is 2.68. The van der Waals surface area contributed by atoms with Gasteiger partial charge in [-0.2, -0.15) is 13.2 Å². The van der Waals surface area contributed by atoms with Gasteiger partial charge in [-0.05, 0) is 18.9 Å². The molecule has 2 rings (SSSR count). The molecule has 1 fully saturated rings. The van der Waals surface area contributed by atoms with Crippen LogP contribution in [0.3, 0.4) is 0 Å². The van der Waals surface area contributed by atoms with Crippen molar-refractivity contribution in [2.24, 2.45) is 4.99 Å². The van der Waals surface area contributed by atoms with Crippen LogP contribution in [-0.2, 0) is 10.9 Å². The number of methoxy groups -OCH3 is 1. The van der Waals surface area contributed by atoms with Gasteiger partial charge in [-0.1, -0.05) is 0 Å². The van der Waals surface area contributed by atoms with Crippen molar-refractivity contribution in [2.45, 2.75) is 25.1 Å². The Morgan fingerprint density at radius 1 is 1.36 bits per heavy atom. The summed E-state index contributed by atoms with van der Waals surface area (Å²) in [4.78, 5) is 24.5. The smallest absolute Gasteiger partial charge is 0.433 e. The van der Waals surface area contributed by atoms with E-state index in [9.17, 15) is 18.0 Å². The minimum absolute atomic E-state index is 0.0882. The number of anilines is 1. The average Bonchev–Trinajstić information content (AvgIpc) is 2.69. The number of piperidine rings is 1. The average molecular weight is 403 g/mol. The molecule has 0 aromatic carbocycles. The summed E-state index contributed by atoms with van der Waals surface area (Å²) in [6.45, 7) is 1.90. The van der Waals surface area contributed by atoms with Crippen LogP contribution in [0.15, 0.2) is 17.3 Å². The number of hydrogen-bond donors (Lipinski definition) is 3. The molecule has 1 aromatic rings. The molecule has 2 heterocycles. The highest BCUT2D eigenvalue weighted by Gasteiger charge is 2.32. The van der Waals surface area contributed by atoms with Crippen molar-refractivity contribution in [3.8, 4) is 0 Å². The highest BCUT2D eigenvalue weighted by molar-refractivity contribution is 5.80. The van der Waals surface area contributed by atoms with Crippen molar-refractivity contribution in [3.63, 3.8) is 0 Å². The van der Waals surface area contributed by atoms with Gasteiger partial charge in [0.15, 0.2) is 5.96 Å². The predicted octanol–water partition coefficient (Wildman–Crippen LogP) is 1.30. The van der Waals surface area contributed by atoms with Gasteiger partial charge in [-0.3, -0.25) is 4.99 Å². The summed E-state index contributed by atoms with van der Waals surface area (Å²) < 4.78 is 42.6. The first kappa shape index (κ1) is 21.5. The lowest BCUT2D eigenvalue weighted by atomic mass is 10.1. The Bertz CT molecular complexity index is 676. The molecule has 0 bridgehead atoms. The van der Waals surface area contributed by atoms with Gasteiger partial charge in [-0.25, -0.2) is 14.8 Å². The Kier molecular flexibility index (Phi) is 7.64. The van der Waals surface area contributed by atoms with Gasteiger partial charge in [0, 0.05) is 45.5 Å². The van der Waals surface area contributed by atoms with Gasteiger partial charge < -0.3 is 25.6 Å². The summed E-state index contributed by atoms with van der Waals surface area (Å²) in [6, 6.07) is 0.979. The maximum atomic E-state index is 12.6. The highest BCUT2D eigenvalue weighted by Crippen LogP contribution is 2.27. The van der Waals surface area contributed by atoms with Crippen molar-refractivity contribution < 1.29 is 22.7 Å². The van der Waals surface area contributed by atoms with E-state index in [0.29, 0.717) is 32.1 Å². The van der Waals surface area contributed by atoms with Crippen molar-refractivity contribution in [3.05, 3.63) is 18.0 Å². The van der Waals surface area contributed by atoms with Crippen LogP contribution in [0.2, 0.25) is 0 Å². The van der Waals surface area contributed by atoms with Gasteiger partial charge in [0.05, 0.1) is 7.11 Å². The van der Waals surface area contributed by atoms with Crippen LogP contribution in [0, 0.1) is 0 Å². The molecule has 0 spiro atoms. The van der Waals surface area contributed by atoms with Crippen molar-refractivity contribution in [1.29, 1.82) is 0 Å². The van der Waals surface area contributed by atoms with E-state index in [1.165, 1.54) is 7.11 Å². The van der Waals surface area contributed by atoms with E-state index in [1.807, 2.05) is 0 Å². The van der Waals surface area contributed by atoms with Crippen LogP contribution in [0.5, 0.6) is 0 Å². The van der Waals surface area contributed by atoms with Gasteiger partial charge in [0.2, 0.25) is 5.95 Å². The number of rotatable bonds is 5. The number of amides is 1. The molecule has 3 N–H and O–H groups in total. The van der Waals surface area contributed by atoms with Crippen LogP contribution in [0.4, 0.5) is 23.9 Å². The van der Waals surface area contributed by atoms with Crippen LogP contribution >= 0.6 is 0 Å². The summed E-state index contributed by atoms with van der Waals surface area (Å²) in [6.07, 6.45) is -2.26. The summed E-state index contributed by atoms with van der Waals surface area (Å²) in [5.41, 5.74) is -0.992. The lowest BCUT2D eigenvalue weighted by Gasteiger charge is -2.32. The molecular weight excluding hydrogens is 379 g/mol. The standard InChI is InChI=1S/C16H24F3N7O2/c1-20-13(24-11-4-9-26(10-5-11)15(27)28-2)22-7-8-23-14-21-6-3-12(25-14)16(17,18)19/h3,6,11H,4-5,7-10H2,1-2H3,(H2,20,22,24)(H,21,23,25). The molecule has 9 nitrogen and oxygen atoms in total. The van der Waals surface area contributed by atoms with Crippen molar-refractivity contribution >= 4 is 18.0 Å². The Morgan fingerprint density at radius 2 is 2.07 bits per heavy atom. The Labute approximate surface area is 160 Å². The fourth-order valence-corrected chi connectivity index (χ4v) is 2.68. The molecular formula is C16H24F3N7O2. The van der Waals surface area contributed by atoms with E-state index < -0.39 is 11.9 Å². The van der Waals surface area contributed by atoms with E-state index in [2.05, 4.69) is 30.9 Å². The zero-order valence-electron chi connectivity index (χ0n) is 15.7. The largest absolute Gasteiger partial charge is 0.453 e. The number of nitrogens with one attached hydrogen (secondary N) is 3. The Balaban J connectivity index is 1.71. The number of guanidine groups is 1. The monoisotopic (exact) mass is 403 g/mol. The molecule has 1 saturated heterocycles. The maximum absolute atomic E-state index is 12.6. The molecule has 0 aliphatic carbocycles. The molecule has 1 aliphatic heterocycles. The third kappa shape index (κ3) is 6.43. The molecule has 0 atom stereocenters. The third-order valence-electron chi connectivity index (χ3n) is 4.14. The first-order chi connectivity index (χ1) is 13.3. The first-order valence-electron chi connectivity index (χ1n) is 8.77. The summed E-state index contributed by atoms with van der Waals surface area (Å²) in [5.74, 6) is 0.484. The Hall–Kier alpha value is -2.79. The van der Waals surface area contributed by atoms with Gasteiger partial charge in [0.25, 0.3) is 0 Å². The molecule has 1 aliphatic rings. The lowest BCUT2D eigenvalue weighted by molar-refractivity contribution is -0.141. The van der Waals surface area contributed by atoms with Crippen molar-refractivity contribution in [2.75, 3.05) is 45.7 Å². The molecule has 1 amide bonds. The number of halogens is 3. The zero-order valence-corrected chi connectivity index (χ0v) is 15.7. The third-order valence-corrected chi connectivity index (χ3v) is 4.14. The van der Waals surface area contributed by atoms with Gasteiger partial charge in [-0.15, -0.1) is 0 Å². The second-order valence-electron chi connectivity index (χ2n) is 6.06. The Morgan fingerprint density at radius 3 is 2.68 bits per heavy atom. The molecule has 0 radical (unpaired) electrons. The van der Waals surface area contributed by atoms with E-state index >= 15 is 0 Å². The number of carbonyl (C=O) groups excluding carboxylic acids is 1. The topological polar surface area (TPSA) is 104 Å². The maximum Gasteiger partial charge on any atom is 0.433 e. The number of aliphatic imine (C=N–C) groups is 1. The van der Waals surface area contributed by atoms with Crippen LogP contribution in [0.25, 0.3) is 0 Å². The normalized spacial score (nSPS) is 15.9. The highest BCUT2D eigenvalue weighted by atomic mass is 19.4. The molecule has 156 valence electrons. The van der Waals surface area contributed by atoms with Crippen molar-refractivity contribution in [1.82, 2.24) is 25.5 Å². The number of ether oxygens (including phenoxy) is 1. The summed E-state index contributed by atoms with van der Waals surface area (Å²) >= 11 is 0. The number of likely N-dealkylation sites (tertiary alicyclic amines) is 1. The predicted molar refractivity (Wildman–Crippen MR) is 97.0 cm³/mol. The van der Waals surface area contributed by atoms with E-state index in [0.717, 1.165) is 25.1 Å². The molecule has 1 aromatic heterocycles. The number of carbonyl (C=O) groups is 1. The minimum atomic E-state index is -4.51. The second-order valence-corrected chi connectivity index (χ2v) is 6.06. The summed E-state index contributed by atoms with van der Waals surface area (Å²) in [5, 5.41) is 9.07. The summed E-state index contributed by atoms with van der Waals surface area (Å²) in [7, 11) is 2.99. The quantitative estimate of drug-likeness (QED) is 0.387. The molecule has 0 unspecified atom stereocenters. The minimum Gasteiger partial charge on any atom is -0.453 e. The van der Waals surface area contributed by atoms with Gasteiger partial charge >= 0.3 is 12.3 Å². The van der Waals surface area contributed by atoms with E-state index in [1.54, 1.807) is 11.9 Å². The molecule has 12 heteroatoms. The van der Waals surface area contributed by atoms with E-state index in [4.69, 9.17) is 4.74 Å². The SMILES string of the molecule is CN=C(NCCNc1nccc(C(F)(F)F)n1)NC1CCN(C(=O)OC)CC1. The first-order valence-corrected chi connectivity index (χ1v) is 8.77. The second kappa shape index (κ2) is 9.95. The van der Waals surface area contributed by atoms with Crippen LogP contribution < -0.4 is 16.0 Å². The van der Waals surface area contributed by atoms with Crippen LogP contribution in [-0.4, -0.2) is 73.3 Å². The van der Waals surface area contributed by atoms with Crippen LogP contribution in [0.1, 0.15) is 18.5 Å². The number of aromatic nitrogens is 2. The lowest BCUT2D eigenvalue weighted by Crippen LogP contribution is -2.50. The number of nitrogens with zero attached hydrogens (tertiary/aromatic N) is 4. The van der Waals surface area contributed by atoms with Gasteiger partial charge in [0.1, 0.15) is 5.69 Å². The number of hydrogen-bond acceptors (Lipinski definition) is 6. The van der Waals surface area contributed by atoms with E-state index in [-0.39, 0.29) is 18.1 Å². The fraction of sp³-hybridized carbons (Fsp3) is 0.625. The zero-order chi connectivity index (χ0) is 20.6. The number of alkyl halides is 3. The molecule has 0 saturated carbocycles. The molecule has 28 heavy (non-hydrogen) atoms.